The molecule has 2 saturated carbocycles. The van der Waals surface area contributed by atoms with Crippen molar-refractivity contribution in [3.63, 3.8) is 0 Å². The van der Waals surface area contributed by atoms with Crippen LogP contribution in [0.5, 0.6) is 0 Å². The lowest BCUT2D eigenvalue weighted by molar-refractivity contribution is 0.683. The molecule has 0 spiro atoms. The van der Waals surface area contributed by atoms with Crippen LogP contribution in [0.15, 0.2) is 32.8 Å². The average Bonchev–Trinajstić information content (AvgIpc) is 3.34. The van der Waals surface area contributed by atoms with E-state index in [0.29, 0.717) is 23.0 Å². The van der Waals surface area contributed by atoms with E-state index >= 15 is 0 Å². The van der Waals surface area contributed by atoms with E-state index in [1.165, 1.54) is 23.6 Å². The smallest absolute Gasteiger partial charge is 0.318 e. The lowest BCUT2D eigenvalue weighted by atomic mass is 10.0. The van der Waals surface area contributed by atoms with Gasteiger partial charge in [0, 0.05) is 30.6 Å². The first-order valence-electron chi connectivity index (χ1n) is 7.57. The number of hydrogen-bond acceptors (Lipinski definition) is 3. The average molecular weight is 299 g/mol. The van der Waals surface area contributed by atoms with Crippen LogP contribution in [0.3, 0.4) is 0 Å². The van der Waals surface area contributed by atoms with Crippen molar-refractivity contribution in [2.24, 2.45) is 18.9 Å². The highest BCUT2D eigenvalue weighted by atomic mass is 16.2. The van der Waals surface area contributed by atoms with Gasteiger partial charge in [-0.2, -0.15) is 0 Å². The molecule has 0 saturated heterocycles. The molecule has 0 radical (unpaired) electrons. The lowest BCUT2D eigenvalue weighted by Gasteiger charge is -2.08. The van der Waals surface area contributed by atoms with Crippen molar-refractivity contribution in [3.05, 3.63) is 55.2 Å². The van der Waals surface area contributed by atoms with Crippen LogP contribution in [0, 0.1) is 11.8 Å². The summed E-state index contributed by atoms with van der Waals surface area (Å²) >= 11 is 0. The highest BCUT2D eigenvalue weighted by molar-refractivity contribution is 5.61. The normalized spacial score (nSPS) is 23.5. The third-order valence-corrected chi connectivity index (χ3v) is 4.81. The van der Waals surface area contributed by atoms with Crippen LogP contribution in [-0.4, -0.2) is 14.5 Å². The molecule has 2 atom stereocenters. The number of aromatic amines is 2. The van der Waals surface area contributed by atoms with Gasteiger partial charge in [-0.05, 0) is 43.1 Å². The Morgan fingerprint density at radius 1 is 1.23 bits per heavy atom. The fraction of sp³-hybridized carbons (Fsp3) is 0.438. The highest BCUT2D eigenvalue weighted by Gasteiger charge is 2.49. The molecule has 0 aromatic carbocycles. The van der Waals surface area contributed by atoms with Gasteiger partial charge >= 0.3 is 5.69 Å². The van der Waals surface area contributed by atoms with Crippen molar-refractivity contribution in [3.8, 4) is 11.1 Å². The van der Waals surface area contributed by atoms with E-state index in [1.54, 1.807) is 13.2 Å². The topological polar surface area (TPSA) is 87.7 Å². The van der Waals surface area contributed by atoms with Crippen LogP contribution in [-0.2, 0) is 7.05 Å². The minimum Gasteiger partial charge on any atom is -0.318 e. The van der Waals surface area contributed by atoms with Crippen LogP contribution >= 0.6 is 0 Å². The Hall–Kier alpha value is -2.37. The van der Waals surface area contributed by atoms with Gasteiger partial charge in [0.1, 0.15) is 0 Å². The van der Waals surface area contributed by atoms with E-state index in [0.717, 1.165) is 17.9 Å². The second-order valence-electron chi connectivity index (χ2n) is 6.43. The zero-order valence-corrected chi connectivity index (χ0v) is 12.3. The van der Waals surface area contributed by atoms with Crippen LogP contribution in [0.1, 0.15) is 30.7 Å². The largest absolute Gasteiger partial charge is 0.325 e. The van der Waals surface area contributed by atoms with E-state index in [1.807, 2.05) is 6.07 Å². The first-order valence-corrected chi connectivity index (χ1v) is 7.57. The minimum absolute atomic E-state index is 0.0118. The second-order valence-corrected chi connectivity index (χ2v) is 6.43. The summed E-state index contributed by atoms with van der Waals surface area (Å²) in [6.45, 7) is 0. The molecule has 2 unspecified atom stereocenters. The van der Waals surface area contributed by atoms with Crippen molar-refractivity contribution in [1.29, 1.82) is 0 Å². The Labute approximate surface area is 125 Å². The number of nitrogens with one attached hydrogen (secondary N) is 2. The Bertz CT molecular complexity index is 917. The minimum atomic E-state index is -0.533. The van der Waals surface area contributed by atoms with Crippen molar-refractivity contribution in [2.45, 2.75) is 25.2 Å². The van der Waals surface area contributed by atoms with Gasteiger partial charge in [-0.25, -0.2) is 4.79 Å². The molecule has 114 valence electrons. The Balaban J connectivity index is 1.80. The summed E-state index contributed by atoms with van der Waals surface area (Å²) in [4.78, 5) is 40.2. The van der Waals surface area contributed by atoms with Crippen LogP contribution in [0.2, 0.25) is 0 Å². The summed E-state index contributed by atoms with van der Waals surface area (Å²) in [6, 6.07) is 1.82. The molecule has 2 aromatic rings. The summed E-state index contributed by atoms with van der Waals surface area (Å²) in [5.74, 6) is 1.75. The molecule has 6 heteroatoms. The van der Waals surface area contributed by atoms with Crippen molar-refractivity contribution in [1.82, 2.24) is 14.5 Å². The maximum absolute atomic E-state index is 12.4. The van der Waals surface area contributed by atoms with Gasteiger partial charge < -0.3 is 9.55 Å². The molecule has 22 heavy (non-hydrogen) atoms. The van der Waals surface area contributed by atoms with E-state index in [2.05, 4.69) is 9.97 Å². The molecule has 0 aliphatic heterocycles. The zero-order chi connectivity index (χ0) is 15.4. The second kappa shape index (κ2) is 4.56. The van der Waals surface area contributed by atoms with Gasteiger partial charge in [0.15, 0.2) is 0 Å². The molecule has 2 heterocycles. The van der Waals surface area contributed by atoms with E-state index < -0.39 is 11.2 Å². The van der Waals surface area contributed by atoms with Crippen LogP contribution in [0.25, 0.3) is 11.1 Å². The Kier molecular flexibility index (Phi) is 2.76. The molecule has 6 nitrogen and oxygen atoms in total. The summed E-state index contributed by atoms with van der Waals surface area (Å²) < 4.78 is 1.53. The van der Waals surface area contributed by atoms with Crippen molar-refractivity contribution >= 4 is 0 Å². The molecular formula is C16H17N3O3. The summed E-state index contributed by atoms with van der Waals surface area (Å²) in [7, 11) is 1.70. The molecular weight excluding hydrogens is 282 g/mol. The van der Waals surface area contributed by atoms with E-state index in [-0.39, 0.29) is 5.56 Å². The van der Waals surface area contributed by atoms with Gasteiger partial charge in [0.05, 0.1) is 5.56 Å². The number of hydrogen-bond donors (Lipinski definition) is 2. The van der Waals surface area contributed by atoms with Gasteiger partial charge in [-0.15, -0.1) is 0 Å². The number of pyridine rings is 1. The van der Waals surface area contributed by atoms with Crippen molar-refractivity contribution < 1.29 is 0 Å². The summed E-state index contributed by atoms with van der Waals surface area (Å²) in [6.07, 6.45) is 6.67. The Morgan fingerprint density at radius 3 is 2.68 bits per heavy atom. The molecule has 2 aromatic heterocycles. The lowest BCUT2D eigenvalue weighted by Crippen LogP contribution is -2.24. The third kappa shape index (κ3) is 2.15. The molecule has 2 aliphatic carbocycles. The fourth-order valence-electron chi connectivity index (χ4n) is 3.39. The molecule has 2 N–H and O–H groups in total. The quantitative estimate of drug-likeness (QED) is 0.884. The predicted molar refractivity (Wildman–Crippen MR) is 81.9 cm³/mol. The van der Waals surface area contributed by atoms with Crippen molar-refractivity contribution in [2.75, 3.05) is 0 Å². The number of H-pyrrole nitrogens is 2. The maximum Gasteiger partial charge on any atom is 0.325 e. The Morgan fingerprint density at radius 2 is 2.00 bits per heavy atom. The number of nitrogens with zero attached hydrogens (tertiary/aromatic N) is 1. The van der Waals surface area contributed by atoms with Crippen LogP contribution in [0.4, 0.5) is 0 Å². The highest BCUT2D eigenvalue weighted by Crippen LogP contribution is 2.58. The maximum atomic E-state index is 12.4. The predicted octanol–water partition coefficient (Wildman–Crippen LogP) is 0.942. The monoisotopic (exact) mass is 299 g/mol. The van der Waals surface area contributed by atoms with Gasteiger partial charge in [0.2, 0.25) is 0 Å². The molecule has 2 aliphatic rings. The van der Waals surface area contributed by atoms with E-state index in [4.69, 9.17) is 0 Å². The van der Waals surface area contributed by atoms with E-state index in [9.17, 15) is 14.4 Å². The number of aryl methyl sites for hydroxylation is 1. The first kappa shape index (κ1) is 13.3. The third-order valence-electron chi connectivity index (χ3n) is 4.81. The van der Waals surface area contributed by atoms with Crippen LogP contribution < -0.4 is 16.8 Å². The number of aromatic nitrogens is 3. The molecule has 0 bridgehead atoms. The zero-order valence-electron chi connectivity index (χ0n) is 12.3. The van der Waals surface area contributed by atoms with Gasteiger partial charge in [-0.1, -0.05) is 0 Å². The number of rotatable bonds is 3. The first-order chi connectivity index (χ1) is 10.5. The molecule has 0 amide bonds. The summed E-state index contributed by atoms with van der Waals surface area (Å²) in [5, 5.41) is 0. The fourth-order valence-corrected chi connectivity index (χ4v) is 3.39. The van der Waals surface area contributed by atoms with Gasteiger partial charge in [-0.3, -0.25) is 14.6 Å². The SMILES string of the molecule is Cn1cc(-c2c[nH]c(=O)[nH]c2=O)cc(C2CC2C2CC2)c1=O. The standard InChI is InChI=1S/C16H17N3O3/c1-19-7-9(13-6-17-16(22)18-14(13)20)4-12(15(19)21)11-5-10(11)8-2-3-8/h4,6-8,10-11H,2-3,5H2,1H3,(H2,17,18,20,22). The molecule has 4 rings (SSSR count). The van der Waals surface area contributed by atoms with Gasteiger partial charge in [0.25, 0.3) is 11.1 Å². The summed E-state index contributed by atoms with van der Waals surface area (Å²) in [5.41, 5.74) is 0.869. The molecule has 2 fully saturated rings.